The Labute approximate surface area is 162 Å². The molecule has 0 unspecified atom stereocenters. The normalized spacial score (nSPS) is 15.6. The second kappa shape index (κ2) is 8.72. The van der Waals surface area contributed by atoms with E-state index in [0.29, 0.717) is 26.2 Å². The number of hydrogen-bond acceptors (Lipinski definition) is 5. The van der Waals surface area contributed by atoms with E-state index in [1.165, 1.54) is 4.90 Å². The van der Waals surface area contributed by atoms with E-state index < -0.39 is 39.0 Å². The third-order valence-electron chi connectivity index (χ3n) is 4.48. The second-order valence-corrected chi connectivity index (χ2v) is 8.09. The summed E-state index contributed by atoms with van der Waals surface area (Å²) >= 11 is 0. The Balaban J connectivity index is 1.52. The first-order valence-corrected chi connectivity index (χ1v) is 10.2. The maximum atomic E-state index is 13.7. The van der Waals surface area contributed by atoms with Crippen molar-refractivity contribution in [2.24, 2.45) is 0 Å². The van der Waals surface area contributed by atoms with Crippen molar-refractivity contribution in [1.82, 2.24) is 19.5 Å². The van der Waals surface area contributed by atoms with Gasteiger partial charge >= 0.3 is 0 Å². The lowest BCUT2D eigenvalue weighted by molar-refractivity contribution is -0.131. The molecular weight excluding hydrogens is 390 g/mol. The zero-order valence-corrected chi connectivity index (χ0v) is 15.8. The summed E-state index contributed by atoms with van der Waals surface area (Å²) < 4.78 is 53.6. The summed E-state index contributed by atoms with van der Waals surface area (Å²) in [6.45, 7) is 2.36. The van der Waals surface area contributed by atoms with Crippen molar-refractivity contribution >= 4 is 15.9 Å². The van der Waals surface area contributed by atoms with Crippen LogP contribution in [0.1, 0.15) is 5.56 Å². The fraction of sp³-hybridized carbons (Fsp3) is 0.333. The minimum absolute atomic E-state index is 0.441. The molecule has 1 saturated heterocycles. The first-order valence-electron chi connectivity index (χ1n) is 8.69. The quantitative estimate of drug-likeness (QED) is 0.768. The SMILES string of the molecule is O=C(CNS(=O)(=O)c1c(F)cccc1F)N1CCN(Cc2ccncc2)CC1. The van der Waals surface area contributed by atoms with Crippen molar-refractivity contribution in [1.29, 1.82) is 0 Å². The van der Waals surface area contributed by atoms with E-state index in [2.05, 4.69) is 9.88 Å². The van der Waals surface area contributed by atoms with Crippen LogP contribution in [-0.2, 0) is 21.4 Å². The van der Waals surface area contributed by atoms with Crippen LogP contribution in [0.3, 0.4) is 0 Å². The fourth-order valence-electron chi connectivity index (χ4n) is 2.98. The van der Waals surface area contributed by atoms with Crippen LogP contribution >= 0.6 is 0 Å². The number of rotatable bonds is 6. The number of nitrogens with one attached hydrogen (secondary N) is 1. The minimum Gasteiger partial charge on any atom is -0.339 e. The van der Waals surface area contributed by atoms with Crippen LogP contribution < -0.4 is 4.72 Å². The van der Waals surface area contributed by atoms with Crippen molar-refractivity contribution < 1.29 is 22.0 Å². The van der Waals surface area contributed by atoms with E-state index in [-0.39, 0.29) is 0 Å². The number of amides is 1. The maximum absolute atomic E-state index is 13.7. The lowest BCUT2D eigenvalue weighted by Gasteiger charge is -2.34. The van der Waals surface area contributed by atoms with Gasteiger partial charge in [-0.05, 0) is 29.8 Å². The van der Waals surface area contributed by atoms with Crippen LogP contribution in [0.15, 0.2) is 47.6 Å². The van der Waals surface area contributed by atoms with Gasteiger partial charge in [-0.25, -0.2) is 21.9 Å². The number of halogens is 2. The molecule has 0 saturated carbocycles. The van der Waals surface area contributed by atoms with E-state index in [1.807, 2.05) is 16.9 Å². The topological polar surface area (TPSA) is 82.6 Å². The second-order valence-electron chi connectivity index (χ2n) is 6.39. The summed E-state index contributed by atoms with van der Waals surface area (Å²) in [5.74, 6) is -2.85. The maximum Gasteiger partial charge on any atom is 0.246 e. The number of aromatic nitrogens is 1. The molecule has 1 aromatic heterocycles. The smallest absolute Gasteiger partial charge is 0.246 e. The summed E-state index contributed by atoms with van der Waals surface area (Å²) in [6, 6.07) is 6.62. The van der Waals surface area contributed by atoms with Gasteiger partial charge in [-0.15, -0.1) is 0 Å². The molecule has 0 aliphatic carbocycles. The third-order valence-corrected chi connectivity index (χ3v) is 5.93. The van der Waals surface area contributed by atoms with E-state index >= 15 is 0 Å². The highest BCUT2D eigenvalue weighted by Crippen LogP contribution is 2.18. The molecule has 0 bridgehead atoms. The van der Waals surface area contributed by atoms with Gasteiger partial charge in [0.25, 0.3) is 0 Å². The van der Waals surface area contributed by atoms with Crippen molar-refractivity contribution in [3.05, 3.63) is 59.9 Å². The molecule has 1 amide bonds. The Morgan fingerprint density at radius 1 is 1.04 bits per heavy atom. The van der Waals surface area contributed by atoms with Crippen molar-refractivity contribution in [3.63, 3.8) is 0 Å². The molecule has 1 fully saturated rings. The molecule has 2 heterocycles. The molecule has 1 aromatic carbocycles. The zero-order valence-electron chi connectivity index (χ0n) is 15.0. The first-order chi connectivity index (χ1) is 13.4. The minimum atomic E-state index is -4.47. The van der Waals surface area contributed by atoms with Crippen LogP contribution in [0.5, 0.6) is 0 Å². The van der Waals surface area contributed by atoms with Gasteiger partial charge in [0.2, 0.25) is 15.9 Å². The summed E-state index contributed by atoms with van der Waals surface area (Å²) in [7, 11) is -4.47. The van der Waals surface area contributed by atoms with Gasteiger partial charge in [0.15, 0.2) is 4.90 Å². The van der Waals surface area contributed by atoms with E-state index in [4.69, 9.17) is 0 Å². The average Bonchev–Trinajstić information content (AvgIpc) is 2.67. The lowest BCUT2D eigenvalue weighted by Crippen LogP contribution is -2.50. The van der Waals surface area contributed by atoms with Crippen molar-refractivity contribution in [2.45, 2.75) is 11.4 Å². The molecule has 0 radical (unpaired) electrons. The Morgan fingerprint density at radius 3 is 2.25 bits per heavy atom. The van der Waals surface area contributed by atoms with Gasteiger partial charge in [-0.2, -0.15) is 0 Å². The van der Waals surface area contributed by atoms with E-state index in [1.54, 1.807) is 12.4 Å². The van der Waals surface area contributed by atoms with Gasteiger partial charge in [-0.1, -0.05) is 6.07 Å². The molecule has 7 nitrogen and oxygen atoms in total. The lowest BCUT2D eigenvalue weighted by atomic mass is 10.2. The summed E-state index contributed by atoms with van der Waals surface area (Å²) in [5.41, 5.74) is 1.12. The molecular formula is C18H20F2N4O3S. The van der Waals surface area contributed by atoms with Crippen molar-refractivity contribution in [3.8, 4) is 0 Å². The molecule has 1 aliphatic rings. The van der Waals surface area contributed by atoms with Gasteiger partial charge < -0.3 is 4.90 Å². The van der Waals surface area contributed by atoms with Crippen LogP contribution in [-0.4, -0.2) is 61.8 Å². The van der Waals surface area contributed by atoms with E-state index in [0.717, 1.165) is 30.3 Å². The summed E-state index contributed by atoms with van der Waals surface area (Å²) in [5, 5.41) is 0. The van der Waals surface area contributed by atoms with Gasteiger partial charge in [0.05, 0.1) is 6.54 Å². The van der Waals surface area contributed by atoms with Crippen LogP contribution in [0.25, 0.3) is 0 Å². The molecule has 10 heteroatoms. The number of carbonyl (C=O) groups is 1. The molecule has 2 aromatic rings. The molecule has 3 rings (SSSR count). The Bertz CT molecular complexity index is 913. The van der Waals surface area contributed by atoms with Gasteiger partial charge in [-0.3, -0.25) is 14.7 Å². The van der Waals surface area contributed by atoms with Gasteiger partial charge in [0, 0.05) is 45.1 Å². The van der Waals surface area contributed by atoms with E-state index in [9.17, 15) is 22.0 Å². The highest BCUT2D eigenvalue weighted by atomic mass is 32.2. The highest BCUT2D eigenvalue weighted by Gasteiger charge is 2.26. The Hall–Kier alpha value is -2.43. The molecule has 0 atom stereocenters. The summed E-state index contributed by atoms with van der Waals surface area (Å²) in [6.07, 6.45) is 3.44. The Morgan fingerprint density at radius 2 is 1.64 bits per heavy atom. The number of hydrogen-bond donors (Lipinski definition) is 1. The molecule has 150 valence electrons. The molecule has 0 spiro atoms. The highest BCUT2D eigenvalue weighted by molar-refractivity contribution is 7.89. The predicted molar refractivity (Wildman–Crippen MR) is 97.6 cm³/mol. The number of nitrogens with zero attached hydrogens (tertiary/aromatic N) is 3. The largest absolute Gasteiger partial charge is 0.339 e. The Kier molecular flexibility index (Phi) is 6.32. The van der Waals surface area contributed by atoms with Gasteiger partial charge in [0.1, 0.15) is 11.6 Å². The third kappa shape index (κ3) is 4.89. The standard InChI is InChI=1S/C18H20F2N4O3S/c19-15-2-1-3-16(20)18(15)28(26,27)22-12-17(25)24-10-8-23(9-11-24)13-14-4-6-21-7-5-14/h1-7,22H,8-13H2. The molecule has 28 heavy (non-hydrogen) atoms. The van der Waals surface area contributed by atoms with Crippen LogP contribution in [0, 0.1) is 11.6 Å². The molecule has 1 N–H and O–H groups in total. The van der Waals surface area contributed by atoms with Crippen LogP contribution in [0.2, 0.25) is 0 Å². The number of pyridine rings is 1. The first kappa shape index (κ1) is 20.3. The number of carbonyl (C=O) groups excluding carboxylic acids is 1. The number of sulfonamides is 1. The average molecular weight is 410 g/mol. The predicted octanol–water partition coefficient (Wildman–Crippen LogP) is 0.982. The number of benzene rings is 1. The van der Waals surface area contributed by atoms with Crippen molar-refractivity contribution in [2.75, 3.05) is 32.7 Å². The number of piperazine rings is 1. The summed E-state index contributed by atoms with van der Waals surface area (Å²) in [4.78, 5) is 18.9. The fourth-order valence-corrected chi connectivity index (χ4v) is 4.09. The molecule has 1 aliphatic heterocycles. The zero-order chi connectivity index (χ0) is 20.1. The monoisotopic (exact) mass is 410 g/mol. The van der Waals surface area contributed by atoms with Crippen LogP contribution in [0.4, 0.5) is 8.78 Å².